The molecule has 0 fully saturated rings. The lowest BCUT2D eigenvalue weighted by Crippen LogP contribution is -1.99. The van der Waals surface area contributed by atoms with Crippen LogP contribution in [0.1, 0.15) is 12.8 Å². The molecule has 0 saturated heterocycles. The van der Waals surface area contributed by atoms with Crippen LogP contribution in [0.3, 0.4) is 0 Å². The maximum absolute atomic E-state index is 9.63. The molecule has 0 aromatic carbocycles. The van der Waals surface area contributed by atoms with Crippen LogP contribution < -0.4 is 5.32 Å². The van der Waals surface area contributed by atoms with Crippen LogP contribution in [0.15, 0.2) is 0 Å². The van der Waals surface area contributed by atoms with E-state index in [1.54, 1.807) is 0 Å². The summed E-state index contributed by atoms with van der Waals surface area (Å²) in [4.78, 5) is 9.63. The van der Waals surface area contributed by atoms with Crippen molar-refractivity contribution in [3.05, 3.63) is 6.54 Å². The normalized spacial score (nSPS) is 8.71. The molecule has 0 aliphatic rings. The Kier molecular flexibility index (Phi) is 5.33. The van der Waals surface area contributed by atoms with E-state index in [4.69, 9.17) is 0 Å². The maximum atomic E-state index is 9.63. The van der Waals surface area contributed by atoms with Gasteiger partial charge in [0.15, 0.2) is 0 Å². The molecule has 0 aliphatic heterocycles. The van der Waals surface area contributed by atoms with Gasteiger partial charge >= 0.3 is 0 Å². The van der Waals surface area contributed by atoms with E-state index in [2.05, 4.69) is 5.32 Å². The van der Waals surface area contributed by atoms with Gasteiger partial charge in [0.25, 0.3) is 0 Å². The van der Waals surface area contributed by atoms with Crippen molar-refractivity contribution in [1.29, 1.82) is 0 Å². The molecule has 41 valence electrons. The van der Waals surface area contributed by atoms with Gasteiger partial charge in [-0.1, -0.05) is 0 Å². The first kappa shape index (κ1) is 6.63. The molecular formula is C5H10NO. The van der Waals surface area contributed by atoms with E-state index in [0.717, 1.165) is 12.7 Å². The molecule has 0 saturated carbocycles. The second kappa shape index (κ2) is 5.63. The van der Waals surface area contributed by atoms with Gasteiger partial charge in [-0.3, -0.25) is 0 Å². The van der Waals surface area contributed by atoms with Crippen LogP contribution in [0.2, 0.25) is 0 Å². The summed E-state index contributed by atoms with van der Waals surface area (Å²) < 4.78 is 0. The van der Waals surface area contributed by atoms with Gasteiger partial charge in [0.1, 0.15) is 6.29 Å². The van der Waals surface area contributed by atoms with Gasteiger partial charge in [-0.15, -0.1) is 0 Å². The van der Waals surface area contributed by atoms with E-state index in [-0.39, 0.29) is 0 Å². The molecule has 7 heavy (non-hydrogen) atoms. The lowest BCUT2D eigenvalue weighted by molar-refractivity contribution is -0.107. The minimum Gasteiger partial charge on any atom is -0.315 e. The van der Waals surface area contributed by atoms with Crippen LogP contribution in [0.4, 0.5) is 0 Å². The maximum Gasteiger partial charge on any atom is 0.120 e. The zero-order chi connectivity index (χ0) is 5.54. The molecule has 0 rings (SSSR count). The molecule has 0 aromatic heterocycles. The Hall–Kier alpha value is -0.370. The molecular weight excluding hydrogens is 90.1 g/mol. The zero-order valence-electron chi connectivity index (χ0n) is 4.48. The molecule has 0 heterocycles. The minimum atomic E-state index is 0.626. The average molecular weight is 100 g/mol. The second-order valence-corrected chi connectivity index (χ2v) is 1.24. The zero-order valence-corrected chi connectivity index (χ0v) is 4.48. The van der Waals surface area contributed by atoms with E-state index in [9.17, 15) is 4.79 Å². The highest BCUT2D eigenvalue weighted by Gasteiger charge is 1.79. The molecule has 2 heteroatoms. The highest BCUT2D eigenvalue weighted by molar-refractivity contribution is 5.49. The number of carbonyl (C=O) groups excluding carboxylic acids is 1. The first-order valence-corrected chi connectivity index (χ1v) is 2.34. The topological polar surface area (TPSA) is 29.1 Å². The number of carbonyl (C=O) groups is 1. The van der Waals surface area contributed by atoms with Crippen molar-refractivity contribution >= 4 is 6.29 Å². The standard InChI is InChI=1S/C5H10NO/c1-6-4-2-3-5-7/h4-6H,2-3H2,1H3. The summed E-state index contributed by atoms with van der Waals surface area (Å²) >= 11 is 0. The quantitative estimate of drug-likeness (QED) is 0.408. The Morgan fingerprint density at radius 1 is 1.57 bits per heavy atom. The molecule has 2 nitrogen and oxygen atoms in total. The highest BCUT2D eigenvalue weighted by atomic mass is 16.1. The highest BCUT2D eigenvalue weighted by Crippen LogP contribution is 1.83. The number of rotatable bonds is 4. The van der Waals surface area contributed by atoms with Crippen LogP contribution >= 0.6 is 0 Å². The molecule has 1 N–H and O–H groups in total. The average Bonchev–Trinajstić information content (AvgIpc) is 1.69. The monoisotopic (exact) mass is 100 g/mol. The number of nitrogens with one attached hydrogen (secondary N) is 1. The Morgan fingerprint density at radius 2 is 2.29 bits per heavy atom. The first-order valence-electron chi connectivity index (χ1n) is 2.34. The van der Waals surface area contributed by atoms with Crippen molar-refractivity contribution in [3.8, 4) is 0 Å². The van der Waals surface area contributed by atoms with E-state index in [1.165, 1.54) is 0 Å². The Bertz CT molecular complexity index is 45.3. The fraction of sp³-hybridized carbons (Fsp3) is 0.600. The van der Waals surface area contributed by atoms with E-state index in [1.807, 2.05) is 13.6 Å². The van der Waals surface area contributed by atoms with Crippen LogP contribution in [0.5, 0.6) is 0 Å². The Labute approximate surface area is 43.9 Å². The first-order chi connectivity index (χ1) is 3.41. The van der Waals surface area contributed by atoms with Gasteiger partial charge in [0, 0.05) is 13.0 Å². The second-order valence-electron chi connectivity index (χ2n) is 1.24. The van der Waals surface area contributed by atoms with Crippen LogP contribution in [-0.4, -0.2) is 13.3 Å². The SMILES string of the molecule is CN[CH]CCC=O. The van der Waals surface area contributed by atoms with Crippen LogP contribution in [0, 0.1) is 6.54 Å². The molecule has 0 unspecified atom stereocenters. The fourth-order valence-corrected chi connectivity index (χ4v) is 0.296. The van der Waals surface area contributed by atoms with Gasteiger partial charge in [-0.25, -0.2) is 0 Å². The van der Waals surface area contributed by atoms with Crippen molar-refractivity contribution < 1.29 is 4.79 Å². The fourth-order valence-electron chi connectivity index (χ4n) is 0.296. The van der Waals surface area contributed by atoms with Crippen molar-refractivity contribution in [2.24, 2.45) is 0 Å². The van der Waals surface area contributed by atoms with E-state index < -0.39 is 0 Å². The molecule has 1 radical (unpaired) electrons. The van der Waals surface area contributed by atoms with Crippen molar-refractivity contribution in [3.63, 3.8) is 0 Å². The third-order valence-corrected chi connectivity index (χ3v) is 0.633. The summed E-state index contributed by atoms with van der Waals surface area (Å²) in [6, 6.07) is 0. The summed E-state index contributed by atoms with van der Waals surface area (Å²) in [5.74, 6) is 0. The Balaban J connectivity index is 2.56. The van der Waals surface area contributed by atoms with Crippen molar-refractivity contribution in [2.75, 3.05) is 7.05 Å². The minimum absolute atomic E-state index is 0.626. The van der Waals surface area contributed by atoms with Gasteiger partial charge in [0.2, 0.25) is 0 Å². The summed E-state index contributed by atoms with van der Waals surface area (Å²) in [6.07, 6.45) is 2.37. The third kappa shape index (κ3) is 5.63. The lowest BCUT2D eigenvalue weighted by atomic mass is 10.3. The lowest BCUT2D eigenvalue weighted by Gasteiger charge is -1.88. The number of aldehydes is 1. The predicted molar refractivity (Wildman–Crippen MR) is 28.7 cm³/mol. The summed E-state index contributed by atoms with van der Waals surface area (Å²) in [5.41, 5.74) is 0. The molecule has 0 aromatic rings. The smallest absolute Gasteiger partial charge is 0.120 e. The van der Waals surface area contributed by atoms with Crippen LogP contribution in [0.25, 0.3) is 0 Å². The molecule has 0 atom stereocenters. The van der Waals surface area contributed by atoms with Gasteiger partial charge in [-0.2, -0.15) is 0 Å². The number of hydrogen-bond donors (Lipinski definition) is 1. The van der Waals surface area contributed by atoms with Gasteiger partial charge in [-0.05, 0) is 13.5 Å². The largest absolute Gasteiger partial charge is 0.315 e. The number of unbranched alkanes of at least 4 members (excludes halogenated alkanes) is 1. The molecule has 0 aliphatic carbocycles. The molecule has 0 bridgehead atoms. The van der Waals surface area contributed by atoms with E-state index in [0.29, 0.717) is 6.42 Å². The molecule has 0 spiro atoms. The number of hydrogen-bond acceptors (Lipinski definition) is 2. The van der Waals surface area contributed by atoms with Crippen molar-refractivity contribution in [1.82, 2.24) is 5.32 Å². The summed E-state index contributed by atoms with van der Waals surface area (Å²) in [7, 11) is 1.82. The van der Waals surface area contributed by atoms with Gasteiger partial charge < -0.3 is 10.1 Å². The van der Waals surface area contributed by atoms with Crippen molar-refractivity contribution in [2.45, 2.75) is 12.8 Å². The van der Waals surface area contributed by atoms with Crippen LogP contribution in [-0.2, 0) is 4.79 Å². The third-order valence-electron chi connectivity index (χ3n) is 0.633. The summed E-state index contributed by atoms with van der Waals surface area (Å²) in [6.45, 7) is 1.86. The van der Waals surface area contributed by atoms with Gasteiger partial charge in [0.05, 0.1) is 0 Å². The Morgan fingerprint density at radius 3 is 2.71 bits per heavy atom. The summed E-state index contributed by atoms with van der Waals surface area (Å²) in [5, 5.41) is 2.82. The predicted octanol–water partition coefficient (Wildman–Crippen LogP) is 0.347. The molecule has 0 amide bonds. The van der Waals surface area contributed by atoms with E-state index >= 15 is 0 Å².